The lowest BCUT2D eigenvalue weighted by Gasteiger charge is -2.10. The monoisotopic (exact) mass is 337 g/mol. The van der Waals surface area contributed by atoms with E-state index in [2.05, 4.69) is 51.8 Å². The van der Waals surface area contributed by atoms with Crippen LogP contribution >= 0.6 is 0 Å². The van der Waals surface area contributed by atoms with E-state index in [1.807, 2.05) is 13.8 Å². The van der Waals surface area contributed by atoms with Crippen molar-refractivity contribution in [2.24, 2.45) is 0 Å². The molecule has 0 unspecified atom stereocenters. The zero-order chi connectivity index (χ0) is 17.8. The predicted molar refractivity (Wildman–Crippen MR) is 96.2 cm³/mol. The van der Waals surface area contributed by atoms with Crippen LogP contribution < -0.4 is 5.32 Å². The van der Waals surface area contributed by atoms with Gasteiger partial charge in [-0.15, -0.1) is 10.2 Å². The van der Waals surface area contributed by atoms with Crippen molar-refractivity contribution in [3.05, 3.63) is 58.5 Å². The fraction of sp³-hybridized carbons (Fsp3) is 0.368. The molecule has 0 spiro atoms. The minimum Gasteiger partial charge on any atom is -0.352 e. The molecule has 0 fully saturated rings. The fourth-order valence-corrected chi connectivity index (χ4v) is 2.97. The average Bonchev–Trinajstić information content (AvgIpc) is 3.08. The molecule has 0 aliphatic carbocycles. The molecule has 1 aromatic carbocycles. The molecular weight excluding hydrogens is 314 g/mol. The Labute approximate surface area is 147 Å². The van der Waals surface area contributed by atoms with Crippen LogP contribution in [0.25, 0.3) is 5.65 Å². The Balaban J connectivity index is 1.58. The van der Waals surface area contributed by atoms with Crippen LogP contribution in [0.5, 0.6) is 0 Å². The number of amides is 1. The SMILES string of the molecule is CCc1ccc(CNC(=O)CCc2c(C)nn3cnnc3c2C)cc1. The zero-order valence-corrected chi connectivity index (χ0v) is 14.9. The minimum atomic E-state index is 0.0414. The van der Waals surface area contributed by atoms with E-state index in [0.717, 1.165) is 34.5 Å². The molecule has 2 heterocycles. The lowest BCUT2D eigenvalue weighted by molar-refractivity contribution is -0.121. The van der Waals surface area contributed by atoms with Gasteiger partial charge in [0.1, 0.15) is 6.33 Å². The number of rotatable bonds is 6. The van der Waals surface area contributed by atoms with Gasteiger partial charge >= 0.3 is 0 Å². The highest BCUT2D eigenvalue weighted by atomic mass is 16.1. The molecule has 1 amide bonds. The maximum atomic E-state index is 12.2. The third-order valence-corrected chi connectivity index (χ3v) is 4.54. The van der Waals surface area contributed by atoms with Crippen molar-refractivity contribution in [1.82, 2.24) is 25.1 Å². The summed E-state index contributed by atoms with van der Waals surface area (Å²) in [7, 11) is 0. The first-order valence-electron chi connectivity index (χ1n) is 8.59. The van der Waals surface area contributed by atoms with Crippen LogP contribution in [-0.2, 0) is 24.2 Å². The molecular formula is C19H23N5O. The standard InChI is InChI=1S/C19H23N5O/c1-4-15-5-7-16(8-6-15)11-20-18(25)10-9-17-13(2)19-22-21-12-24(19)23-14(17)3/h5-8,12H,4,9-11H2,1-3H3,(H,20,25). The fourth-order valence-electron chi connectivity index (χ4n) is 2.97. The van der Waals surface area contributed by atoms with Crippen LogP contribution in [0.15, 0.2) is 30.6 Å². The van der Waals surface area contributed by atoms with Crippen molar-refractivity contribution < 1.29 is 4.79 Å². The summed E-state index contributed by atoms with van der Waals surface area (Å²) in [6.45, 7) is 6.64. The normalized spacial score (nSPS) is 11.0. The van der Waals surface area contributed by atoms with Gasteiger partial charge in [0, 0.05) is 18.5 Å². The number of nitrogens with one attached hydrogen (secondary N) is 1. The first-order chi connectivity index (χ1) is 12.1. The number of hydrogen-bond acceptors (Lipinski definition) is 4. The second-order valence-electron chi connectivity index (χ2n) is 6.23. The molecule has 0 aliphatic heterocycles. The van der Waals surface area contributed by atoms with E-state index in [-0.39, 0.29) is 5.91 Å². The van der Waals surface area contributed by atoms with E-state index in [1.165, 1.54) is 5.56 Å². The highest BCUT2D eigenvalue weighted by Crippen LogP contribution is 2.17. The molecule has 6 nitrogen and oxygen atoms in total. The first kappa shape index (κ1) is 17.1. The molecule has 0 aliphatic rings. The van der Waals surface area contributed by atoms with Gasteiger partial charge in [-0.2, -0.15) is 5.10 Å². The molecule has 0 atom stereocenters. The number of aryl methyl sites for hydroxylation is 3. The van der Waals surface area contributed by atoms with E-state index in [9.17, 15) is 4.79 Å². The Morgan fingerprint density at radius 3 is 2.60 bits per heavy atom. The maximum Gasteiger partial charge on any atom is 0.220 e. The van der Waals surface area contributed by atoms with Gasteiger partial charge in [0.25, 0.3) is 0 Å². The lowest BCUT2D eigenvalue weighted by atomic mass is 10.0. The molecule has 1 N–H and O–H groups in total. The maximum absolute atomic E-state index is 12.2. The van der Waals surface area contributed by atoms with Gasteiger partial charge in [0.05, 0.1) is 5.69 Å². The van der Waals surface area contributed by atoms with Gasteiger partial charge in [-0.1, -0.05) is 31.2 Å². The Hall–Kier alpha value is -2.76. The smallest absolute Gasteiger partial charge is 0.220 e. The van der Waals surface area contributed by atoms with Crippen LogP contribution in [0, 0.1) is 13.8 Å². The molecule has 2 aromatic heterocycles. The van der Waals surface area contributed by atoms with Crippen molar-refractivity contribution in [1.29, 1.82) is 0 Å². The Morgan fingerprint density at radius 2 is 1.88 bits per heavy atom. The summed E-state index contributed by atoms with van der Waals surface area (Å²) in [6, 6.07) is 8.34. The van der Waals surface area contributed by atoms with Gasteiger partial charge < -0.3 is 5.32 Å². The number of benzene rings is 1. The summed E-state index contributed by atoms with van der Waals surface area (Å²) in [5.74, 6) is 0.0414. The number of fused-ring (bicyclic) bond motifs is 1. The van der Waals surface area contributed by atoms with Crippen molar-refractivity contribution in [2.45, 2.75) is 46.6 Å². The van der Waals surface area contributed by atoms with Crippen molar-refractivity contribution in [3.8, 4) is 0 Å². The third-order valence-electron chi connectivity index (χ3n) is 4.54. The Kier molecular flexibility index (Phi) is 5.07. The van der Waals surface area contributed by atoms with E-state index in [0.29, 0.717) is 19.4 Å². The van der Waals surface area contributed by atoms with Gasteiger partial charge in [0.15, 0.2) is 5.65 Å². The van der Waals surface area contributed by atoms with Crippen LogP contribution in [-0.4, -0.2) is 25.7 Å². The molecule has 3 aromatic rings. The Bertz CT molecular complexity index is 883. The number of carbonyl (C=O) groups is 1. The van der Waals surface area contributed by atoms with Crippen molar-refractivity contribution in [2.75, 3.05) is 0 Å². The molecule has 25 heavy (non-hydrogen) atoms. The molecule has 0 saturated heterocycles. The summed E-state index contributed by atoms with van der Waals surface area (Å²) in [6.07, 6.45) is 3.70. The first-order valence-corrected chi connectivity index (χ1v) is 8.59. The number of nitrogens with zero attached hydrogens (tertiary/aromatic N) is 4. The van der Waals surface area contributed by atoms with Gasteiger partial charge in [-0.3, -0.25) is 4.79 Å². The summed E-state index contributed by atoms with van der Waals surface area (Å²) in [5.41, 5.74) is 6.18. The van der Waals surface area contributed by atoms with E-state index < -0.39 is 0 Å². The van der Waals surface area contributed by atoms with E-state index in [1.54, 1.807) is 10.8 Å². The van der Waals surface area contributed by atoms with E-state index in [4.69, 9.17) is 0 Å². The summed E-state index contributed by atoms with van der Waals surface area (Å²) in [5, 5.41) is 15.4. The van der Waals surface area contributed by atoms with Crippen LogP contribution in [0.4, 0.5) is 0 Å². The second-order valence-corrected chi connectivity index (χ2v) is 6.23. The third kappa shape index (κ3) is 3.84. The molecule has 0 bridgehead atoms. The van der Waals surface area contributed by atoms with Gasteiger partial charge in [-0.05, 0) is 43.4 Å². The molecule has 6 heteroatoms. The molecule has 3 rings (SSSR count). The van der Waals surface area contributed by atoms with Crippen LogP contribution in [0.2, 0.25) is 0 Å². The minimum absolute atomic E-state index is 0.0414. The summed E-state index contributed by atoms with van der Waals surface area (Å²) in [4.78, 5) is 12.2. The van der Waals surface area contributed by atoms with Gasteiger partial charge in [0.2, 0.25) is 5.91 Å². The summed E-state index contributed by atoms with van der Waals surface area (Å²) >= 11 is 0. The van der Waals surface area contributed by atoms with Crippen molar-refractivity contribution >= 4 is 11.6 Å². The molecule has 130 valence electrons. The van der Waals surface area contributed by atoms with Crippen molar-refractivity contribution in [3.63, 3.8) is 0 Å². The highest BCUT2D eigenvalue weighted by molar-refractivity contribution is 5.76. The summed E-state index contributed by atoms with van der Waals surface area (Å²) < 4.78 is 1.67. The number of aromatic nitrogens is 4. The van der Waals surface area contributed by atoms with Crippen LogP contribution in [0.3, 0.4) is 0 Å². The topological polar surface area (TPSA) is 72.2 Å². The second kappa shape index (κ2) is 7.42. The van der Waals surface area contributed by atoms with Crippen LogP contribution in [0.1, 0.15) is 41.3 Å². The quantitative estimate of drug-likeness (QED) is 0.750. The van der Waals surface area contributed by atoms with Gasteiger partial charge in [-0.25, -0.2) is 4.52 Å². The van der Waals surface area contributed by atoms with E-state index >= 15 is 0 Å². The number of hydrogen-bond donors (Lipinski definition) is 1. The number of carbonyl (C=O) groups excluding carboxylic acids is 1. The highest BCUT2D eigenvalue weighted by Gasteiger charge is 2.12. The Morgan fingerprint density at radius 1 is 1.16 bits per heavy atom. The average molecular weight is 337 g/mol. The molecule has 0 saturated carbocycles. The molecule has 0 radical (unpaired) electrons. The lowest BCUT2D eigenvalue weighted by Crippen LogP contribution is -2.23. The predicted octanol–water partition coefficient (Wildman–Crippen LogP) is 2.55. The zero-order valence-electron chi connectivity index (χ0n) is 14.9. The largest absolute Gasteiger partial charge is 0.352 e.